The highest BCUT2D eigenvalue weighted by atomic mass is 31.2. The molecule has 0 aromatic carbocycles. The number of halogens is 2. The van der Waals surface area contributed by atoms with E-state index in [1.165, 1.54) is 19.9 Å². The first-order valence-electron chi connectivity index (χ1n) is 12.4. The molecule has 1 fully saturated rings. The zero-order chi connectivity index (χ0) is 30.6. The molecule has 1 saturated heterocycles. The topological polar surface area (TPSA) is 214 Å². The van der Waals surface area contributed by atoms with E-state index in [4.69, 9.17) is 24.5 Å². The summed E-state index contributed by atoms with van der Waals surface area (Å²) in [6.45, 7) is 7.51. The highest BCUT2D eigenvalue weighted by molar-refractivity contribution is 7.54. The summed E-state index contributed by atoms with van der Waals surface area (Å²) < 4.78 is 63.5. The van der Waals surface area contributed by atoms with Crippen molar-refractivity contribution in [1.82, 2.24) is 15.1 Å². The molecule has 0 bridgehead atoms. The van der Waals surface area contributed by atoms with Crippen LogP contribution in [0.15, 0.2) is 17.3 Å². The van der Waals surface area contributed by atoms with Crippen molar-refractivity contribution in [2.45, 2.75) is 103 Å². The minimum Gasteiger partial charge on any atom is -0.462 e. The van der Waals surface area contributed by atoms with E-state index >= 15 is 0 Å². The van der Waals surface area contributed by atoms with Crippen molar-refractivity contribution >= 4 is 25.4 Å². The standard InChI is InChI=1S/C22H38F2N5O10P/c1-10(2)37-18(32)12(5)27-40(35,28-13(6)19(33)38-11(3)4)36-9-22(20(23)24)16(31)15(30)17(39-22)29-8-7-14(25)26-21(29)34/h7-8,10-13,15-17,20-21,30-31,34H,9H2,1-6H3,(H2,25,26)(H2,27,28,35)/t12-,13-,15+,16-,17+,21?,22+/m0/s1. The van der Waals surface area contributed by atoms with Crippen molar-refractivity contribution < 1.29 is 57.0 Å². The average molecular weight is 602 g/mol. The van der Waals surface area contributed by atoms with E-state index in [0.717, 1.165) is 11.1 Å². The summed E-state index contributed by atoms with van der Waals surface area (Å²) in [4.78, 5) is 29.1. The molecule has 2 aliphatic heterocycles. The Labute approximate surface area is 230 Å². The van der Waals surface area contributed by atoms with Gasteiger partial charge in [-0.3, -0.25) is 14.2 Å². The van der Waals surface area contributed by atoms with Crippen molar-refractivity contribution in [1.29, 1.82) is 0 Å². The summed E-state index contributed by atoms with van der Waals surface area (Å²) in [5.41, 5.74) is 2.51. The molecule has 0 spiro atoms. The van der Waals surface area contributed by atoms with Crippen LogP contribution < -0.4 is 15.9 Å². The van der Waals surface area contributed by atoms with Crippen LogP contribution in [-0.2, 0) is 32.9 Å². The molecule has 1 unspecified atom stereocenters. The molecule has 2 heterocycles. The van der Waals surface area contributed by atoms with E-state index in [-0.39, 0.29) is 5.84 Å². The van der Waals surface area contributed by atoms with Crippen LogP contribution in [0.4, 0.5) is 8.78 Å². The second-order valence-corrected chi connectivity index (χ2v) is 11.7. The molecule has 2 rings (SSSR count). The Bertz CT molecular complexity index is 984. The predicted octanol–water partition coefficient (Wildman–Crippen LogP) is -0.485. The van der Waals surface area contributed by atoms with Crippen LogP contribution in [0.2, 0.25) is 0 Å². The van der Waals surface area contributed by atoms with Gasteiger partial charge in [0.1, 0.15) is 30.1 Å². The number of nitrogens with one attached hydrogen (secondary N) is 2. The maximum absolute atomic E-state index is 14.5. The molecule has 0 saturated carbocycles. The van der Waals surface area contributed by atoms with Gasteiger partial charge in [0.25, 0.3) is 6.43 Å². The van der Waals surface area contributed by atoms with Crippen molar-refractivity contribution in [3.05, 3.63) is 12.3 Å². The Morgan fingerprint density at radius 3 is 2.02 bits per heavy atom. The third kappa shape index (κ3) is 8.16. The number of alkyl halides is 2. The normalized spacial score (nSPS) is 28.6. The minimum absolute atomic E-state index is 0.0893. The van der Waals surface area contributed by atoms with Crippen molar-refractivity contribution in [2.24, 2.45) is 10.7 Å². The number of aliphatic hydroxyl groups excluding tert-OH is 3. The lowest BCUT2D eigenvalue weighted by atomic mass is 9.96. The Kier molecular flexibility index (Phi) is 11.6. The molecule has 0 aromatic heterocycles. The molecule has 230 valence electrons. The van der Waals surface area contributed by atoms with Crippen LogP contribution in [0.3, 0.4) is 0 Å². The van der Waals surface area contributed by atoms with Crippen molar-refractivity contribution in [3.8, 4) is 0 Å². The summed E-state index contributed by atoms with van der Waals surface area (Å²) in [6, 6.07) is -2.64. The quantitative estimate of drug-likeness (QED) is 0.116. The lowest BCUT2D eigenvalue weighted by Gasteiger charge is -2.35. The zero-order valence-corrected chi connectivity index (χ0v) is 23.8. The second kappa shape index (κ2) is 13.6. The van der Waals surface area contributed by atoms with Crippen molar-refractivity contribution in [3.63, 3.8) is 0 Å². The first-order chi connectivity index (χ1) is 18.4. The number of amidine groups is 1. The number of rotatable bonds is 13. The predicted molar refractivity (Wildman–Crippen MR) is 135 cm³/mol. The van der Waals surface area contributed by atoms with Gasteiger partial charge in [-0.25, -0.2) is 23.9 Å². The Morgan fingerprint density at radius 1 is 1.10 bits per heavy atom. The lowest BCUT2D eigenvalue weighted by molar-refractivity contribution is -0.209. The van der Waals surface area contributed by atoms with Gasteiger partial charge >= 0.3 is 19.6 Å². The number of nitrogens with zero attached hydrogens (tertiary/aromatic N) is 2. The fourth-order valence-corrected chi connectivity index (χ4v) is 5.53. The highest BCUT2D eigenvalue weighted by Crippen LogP contribution is 2.45. The van der Waals surface area contributed by atoms with E-state index in [0.29, 0.717) is 0 Å². The fourth-order valence-electron chi connectivity index (χ4n) is 3.70. The third-order valence-corrected chi connectivity index (χ3v) is 7.63. The van der Waals surface area contributed by atoms with Gasteiger partial charge in [0, 0.05) is 6.20 Å². The highest BCUT2D eigenvalue weighted by Gasteiger charge is 2.62. The molecular weight excluding hydrogens is 563 g/mol. The largest absolute Gasteiger partial charge is 0.462 e. The van der Waals surface area contributed by atoms with Crippen LogP contribution in [0.1, 0.15) is 41.5 Å². The van der Waals surface area contributed by atoms with Crippen LogP contribution in [-0.4, -0.2) is 106 Å². The van der Waals surface area contributed by atoms with E-state index in [9.17, 15) is 38.3 Å². The van der Waals surface area contributed by atoms with Gasteiger partial charge in [-0.2, -0.15) is 0 Å². The number of hydrogen-bond acceptors (Lipinski definition) is 13. The molecule has 40 heavy (non-hydrogen) atoms. The molecule has 7 N–H and O–H groups in total. The Hall–Kier alpha value is -2.24. The van der Waals surface area contributed by atoms with E-state index in [1.807, 2.05) is 0 Å². The minimum atomic E-state index is -4.60. The molecule has 2 aliphatic rings. The second-order valence-electron chi connectivity index (χ2n) is 9.86. The summed E-state index contributed by atoms with van der Waals surface area (Å²) in [7, 11) is -4.60. The molecule has 15 nitrogen and oxygen atoms in total. The van der Waals surface area contributed by atoms with E-state index < -0.39 is 87.3 Å². The van der Waals surface area contributed by atoms with Gasteiger partial charge in [-0.1, -0.05) is 0 Å². The SMILES string of the molecule is CC(C)OC(=O)[C@H](C)NP(=O)(N[C@@H](C)C(=O)OC(C)C)OC[C@@]1(C(F)F)O[C@@H](N2C=CC(N)=NC2O)[C@H](O)[C@@H]1O. The van der Waals surface area contributed by atoms with Gasteiger partial charge in [-0.05, 0) is 47.6 Å². The van der Waals surface area contributed by atoms with Gasteiger partial charge in [-0.15, -0.1) is 0 Å². The fraction of sp³-hybridized carbons (Fsp3) is 0.773. The molecule has 7 atom stereocenters. The smallest absolute Gasteiger partial charge is 0.342 e. The maximum Gasteiger partial charge on any atom is 0.342 e. The summed E-state index contributed by atoms with van der Waals surface area (Å²) in [5, 5.41) is 36.0. The number of carbonyl (C=O) groups excluding carboxylic acids is 2. The number of aliphatic imine (C=N–C) groups is 1. The zero-order valence-electron chi connectivity index (χ0n) is 22.9. The van der Waals surface area contributed by atoms with Crippen LogP contribution in [0.25, 0.3) is 0 Å². The molecule has 0 aromatic rings. The number of esters is 2. The summed E-state index contributed by atoms with van der Waals surface area (Å²) >= 11 is 0. The van der Waals surface area contributed by atoms with Gasteiger partial charge in [0.15, 0.2) is 11.8 Å². The summed E-state index contributed by atoms with van der Waals surface area (Å²) in [6.07, 6.45) is -10.1. The first-order valence-corrected chi connectivity index (χ1v) is 14.0. The van der Waals surface area contributed by atoms with E-state index in [1.54, 1.807) is 27.7 Å². The lowest BCUT2D eigenvalue weighted by Crippen LogP contribution is -2.53. The van der Waals surface area contributed by atoms with Crippen LogP contribution in [0, 0.1) is 0 Å². The number of ether oxygens (including phenoxy) is 3. The molecule has 0 radical (unpaired) electrons. The first kappa shape index (κ1) is 34.0. The number of carbonyl (C=O) groups is 2. The third-order valence-electron chi connectivity index (χ3n) is 5.68. The average Bonchev–Trinajstić information content (AvgIpc) is 3.08. The van der Waals surface area contributed by atoms with Gasteiger partial charge < -0.3 is 44.7 Å². The molecular formula is C22H38F2N5O10P. The van der Waals surface area contributed by atoms with Gasteiger partial charge in [0.05, 0.1) is 18.8 Å². The molecule has 0 amide bonds. The molecule has 18 heteroatoms. The van der Waals surface area contributed by atoms with Crippen LogP contribution in [0.5, 0.6) is 0 Å². The number of hydrogen-bond donors (Lipinski definition) is 6. The van der Waals surface area contributed by atoms with E-state index in [2.05, 4.69) is 15.2 Å². The van der Waals surface area contributed by atoms with Crippen LogP contribution >= 0.6 is 7.67 Å². The van der Waals surface area contributed by atoms with Gasteiger partial charge in [0.2, 0.25) is 6.35 Å². The molecule has 0 aliphatic carbocycles. The summed E-state index contributed by atoms with van der Waals surface area (Å²) in [5.74, 6) is -1.81. The maximum atomic E-state index is 14.5. The monoisotopic (exact) mass is 601 g/mol. The number of aliphatic hydroxyl groups is 3. The number of nitrogens with two attached hydrogens (primary N) is 1. The Balaban J connectivity index is 2.33. The van der Waals surface area contributed by atoms with Crippen molar-refractivity contribution in [2.75, 3.05) is 6.61 Å². The Morgan fingerprint density at radius 2 is 1.60 bits per heavy atom.